The first kappa shape index (κ1) is 59.8. The normalized spacial score (nSPS) is 12.6. The number of aryl methyl sites for hydroxylation is 2. The lowest BCUT2D eigenvalue weighted by Crippen LogP contribution is -2.27. The summed E-state index contributed by atoms with van der Waals surface area (Å²) in [6.07, 6.45) is 16.0. The Labute approximate surface area is 343 Å². The molecule has 0 aliphatic heterocycles. The minimum atomic E-state index is -3.45. The zero-order chi connectivity index (χ0) is 42.2. The fourth-order valence-electron chi connectivity index (χ4n) is 5.11. The number of carbonyl (C=O) groups is 2. The number of carbonyl (C=O) groups excluding carboxylic acids is 2. The Bertz CT molecular complexity index is 1280. The monoisotopic (exact) mass is 808 g/mol. The number of hydrogen-bond donors (Lipinski definition) is 3. The van der Waals surface area contributed by atoms with E-state index in [1.165, 1.54) is 16.7 Å². The molecule has 1 amide bonds. The molecule has 3 rings (SSSR count). The van der Waals surface area contributed by atoms with E-state index in [9.17, 15) is 9.59 Å². The second-order valence-corrected chi connectivity index (χ2v) is 12.7. The van der Waals surface area contributed by atoms with E-state index >= 15 is 0 Å². The van der Waals surface area contributed by atoms with Crippen molar-refractivity contribution in [2.24, 2.45) is 0 Å². The molecule has 1 unspecified atom stereocenters. The molecule has 0 saturated carbocycles. The summed E-state index contributed by atoms with van der Waals surface area (Å²) >= 11 is 0. The molecule has 0 fully saturated rings. The van der Waals surface area contributed by atoms with Crippen LogP contribution in [0.25, 0.3) is 0 Å². The highest BCUT2D eigenvalue weighted by Gasteiger charge is 2.25. The number of Topliss-reactive ketones (excluding diaryl/α,β-unsaturated/α-hetero) is 1. The van der Waals surface area contributed by atoms with Crippen molar-refractivity contribution in [3.8, 4) is 0 Å². The van der Waals surface area contributed by atoms with Crippen LogP contribution < -0.4 is 5.32 Å². The highest BCUT2D eigenvalue weighted by Crippen LogP contribution is 2.34. The van der Waals surface area contributed by atoms with Gasteiger partial charge in [0.15, 0.2) is 0 Å². The van der Waals surface area contributed by atoms with Crippen LogP contribution in [-0.2, 0) is 47.6 Å². The lowest BCUT2D eigenvalue weighted by atomic mass is 9.79. The van der Waals surface area contributed by atoms with Gasteiger partial charge in [0.1, 0.15) is 5.78 Å². The number of unbranched alkanes of at least 4 members (excludes halogenated alkanes) is 1. The maximum absolute atomic E-state index is 13.4. The molecule has 3 N–H and O–H groups in total. The van der Waals surface area contributed by atoms with Gasteiger partial charge in [0.05, 0.1) is 46.2 Å². The summed E-state index contributed by atoms with van der Waals surface area (Å²) in [7, 11) is -3.45. The van der Waals surface area contributed by atoms with Crippen molar-refractivity contribution < 1.29 is 38.1 Å². The summed E-state index contributed by atoms with van der Waals surface area (Å²) in [5.74, 6) is 0.0731. The maximum Gasteiger partial charge on any atom is 0.245 e. The number of fused-ring (bicyclic) bond motifs is 2. The van der Waals surface area contributed by atoms with Gasteiger partial charge in [0, 0.05) is 25.3 Å². The van der Waals surface area contributed by atoms with Crippen LogP contribution in [0.2, 0.25) is 0 Å². The molecule has 1 aliphatic rings. The van der Waals surface area contributed by atoms with Gasteiger partial charge < -0.3 is 33.8 Å². The van der Waals surface area contributed by atoms with Crippen LogP contribution in [0.5, 0.6) is 0 Å². The number of amides is 1. The van der Waals surface area contributed by atoms with Crippen LogP contribution in [-0.4, -0.2) is 80.6 Å². The van der Waals surface area contributed by atoms with Crippen LogP contribution >= 0.6 is 7.57 Å². The van der Waals surface area contributed by atoms with Crippen LogP contribution in [0.3, 0.4) is 0 Å². The minimum absolute atomic E-state index is 0. The molecule has 0 radical (unpaired) electrons. The molecule has 0 spiro atoms. The molecular formula is C46H82NO8P. The lowest BCUT2D eigenvalue weighted by Gasteiger charge is -2.24. The third-order valence-electron chi connectivity index (χ3n) is 7.44. The van der Waals surface area contributed by atoms with E-state index in [1.807, 2.05) is 99.6 Å². The maximum atomic E-state index is 13.4. The summed E-state index contributed by atoms with van der Waals surface area (Å²) in [6.45, 7) is 22.6. The molecule has 0 saturated heterocycles. The Kier molecular flexibility index (Phi) is 46.2. The van der Waals surface area contributed by atoms with Crippen molar-refractivity contribution in [2.45, 2.75) is 128 Å². The minimum Gasteiger partial charge on any atom is -0.377 e. The Hall–Kier alpha value is -2.88. The molecule has 0 aromatic heterocycles. The van der Waals surface area contributed by atoms with Crippen molar-refractivity contribution in [3.05, 3.63) is 95.1 Å². The summed E-state index contributed by atoms with van der Waals surface area (Å²) < 4.78 is 20.8. The predicted molar refractivity (Wildman–Crippen MR) is 242 cm³/mol. The van der Waals surface area contributed by atoms with Crippen molar-refractivity contribution in [1.82, 2.24) is 5.32 Å². The van der Waals surface area contributed by atoms with E-state index in [0.29, 0.717) is 65.3 Å². The van der Waals surface area contributed by atoms with E-state index in [4.69, 9.17) is 28.5 Å². The third-order valence-corrected chi connectivity index (χ3v) is 8.03. The fourth-order valence-corrected chi connectivity index (χ4v) is 5.47. The van der Waals surface area contributed by atoms with E-state index in [1.54, 1.807) is 0 Å². The first-order chi connectivity index (χ1) is 26.7. The number of nitrogens with one attached hydrogen (secondary N) is 1. The summed E-state index contributed by atoms with van der Waals surface area (Å²) in [5, 5.41) is 2.86. The van der Waals surface area contributed by atoms with Crippen molar-refractivity contribution in [1.29, 1.82) is 0 Å². The van der Waals surface area contributed by atoms with Gasteiger partial charge in [-0.2, -0.15) is 0 Å². The SMILES string of the molecule is C.C/C=C\C=C/C.C=P(O)(O)OCCOCCOCCOCCNC(=O)CCCCC(=O)C1Cc2ccccc2CCc2ccccc21.CC.CC.CC.CC. The number of benzene rings is 2. The van der Waals surface area contributed by atoms with Crippen LogP contribution in [0.4, 0.5) is 0 Å². The van der Waals surface area contributed by atoms with Gasteiger partial charge in [-0.3, -0.25) is 9.59 Å². The van der Waals surface area contributed by atoms with Gasteiger partial charge in [-0.25, -0.2) is 0 Å². The van der Waals surface area contributed by atoms with E-state index < -0.39 is 7.57 Å². The van der Waals surface area contributed by atoms with Gasteiger partial charge >= 0.3 is 0 Å². The van der Waals surface area contributed by atoms with E-state index in [0.717, 1.165) is 24.8 Å². The molecule has 1 atom stereocenters. The molecule has 2 aromatic rings. The van der Waals surface area contributed by atoms with Gasteiger partial charge in [0.2, 0.25) is 13.5 Å². The highest BCUT2D eigenvalue weighted by atomic mass is 31.2. The summed E-state index contributed by atoms with van der Waals surface area (Å²) in [4.78, 5) is 43.5. The Morgan fingerprint density at radius 2 is 1.14 bits per heavy atom. The summed E-state index contributed by atoms with van der Waals surface area (Å²) in [5.41, 5.74) is 5.01. The Morgan fingerprint density at radius 3 is 1.68 bits per heavy atom. The molecule has 56 heavy (non-hydrogen) atoms. The molecule has 324 valence electrons. The third kappa shape index (κ3) is 32.2. The zero-order valence-corrected chi connectivity index (χ0v) is 37.0. The molecule has 1 aliphatic carbocycles. The Morgan fingerprint density at radius 1 is 0.696 bits per heavy atom. The number of rotatable bonds is 20. The molecule has 9 nitrogen and oxygen atoms in total. The molecule has 0 bridgehead atoms. The molecule has 2 aromatic carbocycles. The van der Waals surface area contributed by atoms with Gasteiger partial charge in [-0.15, -0.1) is 0 Å². The number of ether oxygens (including phenoxy) is 3. The highest BCUT2D eigenvalue weighted by molar-refractivity contribution is 7.57. The fraction of sp³-hybridized carbons (Fsp3) is 0.587. The zero-order valence-electron chi connectivity index (χ0n) is 36.1. The van der Waals surface area contributed by atoms with Crippen LogP contribution in [0.1, 0.15) is 131 Å². The van der Waals surface area contributed by atoms with Crippen LogP contribution in [0.15, 0.2) is 72.8 Å². The topological polar surface area (TPSA) is 124 Å². The summed E-state index contributed by atoms with van der Waals surface area (Å²) in [6, 6.07) is 16.8. The van der Waals surface area contributed by atoms with Crippen LogP contribution in [0, 0.1) is 0 Å². The van der Waals surface area contributed by atoms with Gasteiger partial charge in [-0.1, -0.05) is 136 Å². The van der Waals surface area contributed by atoms with Crippen molar-refractivity contribution >= 4 is 25.6 Å². The van der Waals surface area contributed by atoms with Gasteiger partial charge in [-0.05, 0) is 74.5 Å². The second kappa shape index (κ2) is 43.2. The van der Waals surface area contributed by atoms with Crippen molar-refractivity contribution in [3.63, 3.8) is 0 Å². The lowest BCUT2D eigenvalue weighted by molar-refractivity contribution is -0.122. The second-order valence-electron chi connectivity index (χ2n) is 11.1. The van der Waals surface area contributed by atoms with Gasteiger partial charge in [0.25, 0.3) is 0 Å². The molecular weight excluding hydrogens is 725 g/mol. The molecule has 0 heterocycles. The number of ketones is 1. The first-order valence-corrected chi connectivity index (χ1v) is 22.3. The van der Waals surface area contributed by atoms with E-state index in [2.05, 4.69) is 54.1 Å². The number of hydrogen-bond acceptors (Lipinski definition) is 8. The average Bonchev–Trinajstić information content (AvgIpc) is 3.21. The van der Waals surface area contributed by atoms with Crippen molar-refractivity contribution in [2.75, 3.05) is 52.8 Å². The quantitative estimate of drug-likeness (QED) is 0.0686. The average molecular weight is 808 g/mol. The smallest absolute Gasteiger partial charge is 0.245 e. The Balaban J connectivity index is -0.000000791. The molecule has 10 heteroatoms. The van der Waals surface area contributed by atoms with E-state index in [-0.39, 0.29) is 38.2 Å². The predicted octanol–water partition coefficient (Wildman–Crippen LogP) is 10.5. The standard InChI is InChI=1S/C31H44NO8P.C6H10.4C2H6.CH4/c1-41(35,36)40-23-22-39-21-20-38-19-18-37-17-16-32-31(34)13-7-6-12-30(33)29-24-27-10-3-2-8-25(27)14-15-26-9-4-5-11-28(26)29;1-3-5-6-4-2;4*1-2;/h2-5,8-11,29,35-36H,1,6-7,12-24H2,(H,32,34);3-6H,1-2H3;4*1-2H3;1H4/b;5-3-,6-4-;;;;;. The largest absolute Gasteiger partial charge is 0.377 e. The number of allylic oxidation sites excluding steroid dienone is 4. The first-order valence-electron chi connectivity index (χ1n) is 20.5.